The lowest BCUT2D eigenvalue weighted by Crippen LogP contribution is -2.50. The van der Waals surface area contributed by atoms with Crippen LogP contribution in [0.15, 0.2) is 53.0 Å². The number of H-pyrrole nitrogens is 1. The Morgan fingerprint density at radius 3 is 2.19 bits per heavy atom. The number of benzene rings is 2. The van der Waals surface area contributed by atoms with Gasteiger partial charge < -0.3 is 14.8 Å². The molecule has 0 atom stereocenters. The third-order valence-corrected chi connectivity index (χ3v) is 5.51. The number of hydrogen-bond donors (Lipinski definition) is 1. The Kier molecular flexibility index (Phi) is 4.93. The van der Waals surface area contributed by atoms with E-state index < -0.39 is 0 Å². The highest BCUT2D eigenvalue weighted by Crippen LogP contribution is 2.21. The summed E-state index contributed by atoms with van der Waals surface area (Å²) in [5, 5.41) is 1.60. The molecule has 1 N–H and O–H groups in total. The normalized spacial score (nSPS) is 14.6. The number of aromatic amines is 1. The molecule has 0 saturated carbocycles. The van der Waals surface area contributed by atoms with Crippen molar-refractivity contribution in [2.45, 2.75) is 0 Å². The number of carbonyl (C=O) groups is 2. The molecule has 1 aromatic heterocycles. The highest BCUT2D eigenvalue weighted by molar-refractivity contribution is 9.10. The number of halogens is 2. The largest absolute Gasteiger partial charge is 0.350 e. The zero-order valence-electron chi connectivity index (χ0n) is 14.4. The Morgan fingerprint density at radius 2 is 1.52 bits per heavy atom. The first-order valence-corrected chi connectivity index (χ1v) is 9.81. The standard InChI is InChI=1S/C20H17BrClN3O2/c21-15-4-1-14-11-18(23-17(14)12-15)20(27)25-9-7-24(8-10-25)19(26)13-2-5-16(22)6-3-13/h1-6,11-12,23H,7-10H2. The van der Waals surface area contributed by atoms with Gasteiger partial charge in [0.15, 0.2) is 0 Å². The maximum absolute atomic E-state index is 12.8. The van der Waals surface area contributed by atoms with Gasteiger partial charge in [-0.3, -0.25) is 9.59 Å². The number of aromatic nitrogens is 1. The van der Waals surface area contributed by atoms with Gasteiger partial charge in [-0.05, 0) is 42.5 Å². The number of hydrogen-bond acceptors (Lipinski definition) is 2. The molecule has 3 aromatic rings. The Labute approximate surface area is 170 Å². The fourth-order valence-corrected chi connectivity index (χ4v) is 3.76. The van der Waals surface area contributed by atoms with E-state index in [4.69, 9.17) is 11.6 Å². The molecule has 0 aliphatic carbocycles. The van der Waals surface area contributed by atoms with E-state index in [0.717, 1.165) is 15.4 Å². The molecule has 0 spiro atoms. The molecule has 0 bridgehead atoms. The van der Waals surface area contributed by atoms with Crippen LogP contribution >= 0.6 is 27.5 Å². The van der Waals surface area contributed by atoms with E-state index in [0.29, 0.717) is 42.5 Å². The number of rotatable bonds is 2. The smallest absolute Gasteiger partial charge is 0.270 e. The fraction of sp³-hybridized carbons (Fsp3) is 0.200. The highest BCUT2D eigenvalue weighted by Gasteiger charge is 2.26. The molecule has 7 heteroatoms. The summed E-state index contributed by atoms with van der Waals surface area (Å²) in [7, 11) is 0. The van der Waals surface area contributed by atoms with E-state index in [1.165, 1.54) is 0 Å². The third kappa shape index (κ3) is 3.73. The van der Waals surface area contributed by atoms with Gasteiger partial charge in [-0.1, -0.05) is 33.6 Å². The van der Waals surface area contributed by atoms with Crippen molar-refractivity contribution in [3.8, 4) is 0 Å². The summed E-state index contributed by atoms with van der Waals surface area (Å²) >= 11 is 9.32. The molecular formula is C20H17BrClN3O2. The monoisotopic (exact) mass is 445 g/mol. The van der Waals surface area contributed by atoms with E-state index >= 15 is 0 Å². The van der Waals surface area contributed by atoms with Crippen LogP contribution in [0.1, 0.15) is 20.8 Å². The van der Waals surface area contributed by atoms with Crippen LogP contribution in [0.4, 0.5) is 0 Å². The second kappa shape index (κ2) is 7.37. The molecule has 0 unspecified atom stereocenters. The summed E-state index contributed by atoms with van der Waals surface area (Å²) in [6.45, 7) is 2.05. The molecule has 138 valence electrons. The van der Waals surface area contributed by atoms with Crippen LogP contribution in [0.5, 0.6) is 0 Å². The zero-order valence-corrected chi connectivity index (χ0v) is 16.8. The van der Waals surface area contributed by atoms with E-state index in [9.17, 15) is 9.59 Å². The highest BCUT2D eigenvalue weighted by atomic mass is 79.9. The van der Waals surface area contributed by atoms with Crippen LogP contribution < -0.4 is 0 Å². The van der Waals surface area contributed by atoms with Crippen LogP contribution in [0.2, 0.25) is 5.02 Å². The topological polar surface area (TPSA) is 56.4 Å². The molecule has 27 heavy (non-hydrogen) atoms. The van der Waals surface area contributed by atoms with Crippen LogP contribution in [-0.2, 0) is 0 Å². The van der Waals surface area contributed by atoms with Gasteiger partial charge in [0.1, 0.15) is 5.69 Å². The van der Waals surface area contributed by atoms with Gasteiger partial charge in [0.25, 0.3) is 11.8 Å². The summed E-state index contributed by atoms with van der Waals surface area (Å²) in [4.78, 5) is 32.1. The van der Waals surface area contributed by atoms with Crippen molar-refractivity contribution < 1.29 is 9.59 Å². The van der Waals surface area contributed by atoms with Crippen molar-refractivity contribution in [2.24, 2.45) is 0 Å². The van der Waals surface area contributed by atoms with E-state index in [1.807, 2.05) is 24.3 Å². The van der Waals surface area contributed by atoms with Gasteiger partial charge in [0.05, 0.1) is 0 Å². The minimum Gasteiger partial charge on any atom is -0.350 e. The lowest BCUT2D eigenvalue weighted by atomic mass is 10.2. The van der Waals surface area contributed by atoms with Gasteiger partial charge >= 0.3 is 0 Å². The molecule has 1 aliphatic heterocycles. The average Bonchev–Trinajstić information content (AvgIpc) is 3.11. The predicted molar refractivity (Wildman–Crippen MR) is 109 cm³/mol. The van der Waals surface area contributed by atoms with Crippen LogP contribution in [-0.4, -0.2) is 52.8 Å². The van der Waals surface area contributed by atoms with Crippen molar-refractivity contribution >= 4 is 50.2 Å². The molecule has 2 heterocycles. The molecule has 1 fully saturated rings. The minimum atomic E-state index is -0.0408. The number of fused-ring (bicyclic) bond motifs is 1. The number of carbonyl (C=O) groups excluding carboxylic acids is 2. The van der Waals surface area contributed by atoms with Gasteiger partial charge in [0, 0.05) is 52.1 Å². The zero-order chi connectivity index (χ0) is 19.0. The Bertz CT molecular complexity index is 1010. The maximum Gasteiger partial charge on any atom is 0.270 e. The lowest BCUT2D eigenvalue weighted by molar-refractivity contribution is 0.0533. The lowest BCUT2D eigenvalue weighted by Gasteiger charge is -2.34. The van der Waals surface area contributed by atoms with E-state index in [2.05, 4.69) is 20.9 Å². The number of nitrogens with zero attached hydrogens (tertiary/aromatic N) is 2. The van der Waals surface area contributed by atoms with Crippen LogP contribution in [0.3, 0.4) is 0 Å². The maximum atomic E-state index is 12.8. The SMILES string of the molecule is O=C(c1ccc(Cl)cc1)N1CCN(C(=O)c2cc3ccc(Br)cc3[nH]2)CC1. The van der Waals surface area contributed by atoms with E-state index in [-0.39, 0.29) is 11.8 Å². The molecular weight excluding hydrogens is 430 g/mol. The molecule has 1 saturated heterocycles. The summed E-state index contributed by atoms with van der Waals surface area (Å²) in [5.41, 5.74) is 2.10. The molecule has 2 amide bonds. The Balaban J connectivity index is 1.42. The number of amides is 2. The second-order valence-electron chi connectivity index (χ2n) is 6.51. The summed E-state index contributed by atoms with van der Waals surface area (Å²) in [6, 6.07) is 14.6. The number of piperazine rings is 1. The average molecular weight is 447 g/mol. The van der Waals surface area contributed by atoms with Crippen LogP contribution in [0, 0.1) is 0 Å². The minimum absolute atomic E-state index is 0.0331. The first-order chi connectivity index (χ1) is 13.0. The van der Waals surface area contributed by atoms with Gasteiger partial charge in [-0.15, -0.1) is 0 Å². The molecule has 2 aromatic carbocycles. The summed E-state index contributed by atoms with van der Waals surface area (Å²) < 4.78 is 0.963. The van der Waals surface area contributed by atoms with Crippen molar-refractivity contribution in [3.63, 3.8) is 0 Å². The molecule has 1 aliphatic rings. The predicted octanol–water partition coefficient (Wildman–Crippen LogP) is 4.18. The quantitative estimate of drug-likeness (QED) is 0.642. The van der Waals surface area contributed by atoms with Crippen LogP contribution in [0.25, 0.3) is 10.9 Å². The third-order valence-electron chi connectivity index (χ3n) is 4.76. The van der Waals surface area contributed by atoms with Gasteiger partial charge in [0.2, 0.25) is 0 Å². The fourth-order valence-electron chi connectivity index (χ4n) is 3.27. The van der Waals surface area contributed by atoms with E-state index in [1.54, 1.807) is 34.1 Å². The summed E-state index contributed by atoms with van der Waals surface area (Å²) in [6.07, 6.45) is 0. The molecule has 4 rings (SSSR count). The first-order valence-electron chi connectivity index (χ1n) is 8.64. The van der Waals surface area contributed by atoms with Crippen molar-refractivity contribution in [1.82, 2.24) is 14.8 Å². The summed E-state index contributed by atoms with van der Waals surface area (Å²) in [5.74, 6) is -0.0739. The molecule has 0 radical (unpaired) electrons. The van der Waals surface area contributed by atoms with Crippen molar-refractivity contribution in [1.29, 1.82) is 0 Å². The number of nitrogens with one attached hydrogen (secondary N) is 1. The Morgan fingerprint density at radius 1 is 0.889 bits per heavy atom. The molecule has 5 nitrogen and oxygen atoms in total. The Hall–Kier alpha value is -2.31. The van der Waals surface area contributed by atoms with Gasteiger partial charge in [-0.25, -0.2) is 0 Å². The van der Waals surface area contributed by atoms with Crippen molar-refractivity contribution in [3.05, 3.63) is 69.3 Å². The van der Waals surface area contributed by atoms with Gasteiger partial charge in [-0.2, -0.15) is 0 Å². The first kappa shape index (κ1) is 18.1. The van der Waals surface area contributed by atoms with Crippen molar-refractivity contribution in [2.75, 3.05) is 26.2 Å². The second-order valence-corrected chi connectivity index (χ2v) is 7.86.